The number of pyridine rings is 1. The van der Waals surface area contributed by atoms with E-state index in [0.29, 0.717) is 24.3 Å². The third kappa shape index (κ3) is 5.47. The van der Waals surface area contributed by atoms with E-state index < -0.39 is 33.4 Å². The highest BCUT2D eigenvalue weighted by atomic mass is 32.2. The zero-order valence-electron chi connectivity index (χ0n) is 22.1. The van der Waals surface area contributed by atoms with Crippen molar-refractivity contribution in [3.8, 4) is 17.4 Å². The Balaban J connectivity index is 1.56. The molecule has 0 spiro atoms. The normalized spacial score (nSPS) is 21.9. The Kier molecular flexibility index (Phi) is 7.69. The average Bonchev–Trinajstić information content (AvgIpc) is 3.16. The molecule has 1 aromatic carbocycles. The Labute approximate surface area is 222 Å². The summed E-state index contributed by atoms with van der Waals surface area (Å²) >= 11 is 0. The first kappa shape index (κ1) is 27.8. The standard InChI is InChI=1S/C26H34N4O7S/c1-16(2)36-18-7-9-19(10-8-18)37-22-13-11-20(14-27-22)38(34,35)29-15-17-6-12-21(23(29)24(31)28-33)30(17)25(32)26(3,4)5/h7-11,13-14,16-17,21,23,33H,6,12,15H2,1-5H3,(H,28,31)/t17-,21+,23-/m1/s1. The van der Waals surface area contributed by atoms with Crippen molar-refractivity contribution >= 4 is 21.8 Å². The van der Waals surface area contributed by atoms with E-state index in [-0.39, 0.29) is 35.4 Å². The highest BCUT2D eigenvalue weighted by molar-refractivity contribution is 7.89. The molecule has 2 aliphatic heterocycles. The van der Waals surface area contributed by atoms with Crippen LogP contribution in [0.5, 0.6) is 17.4 Å². The van der Waals surface area contributed by atoms with Gasteiger partial charge in [-0.2, -0.15) is 4.31 Å². The van der Waals surface area contributed by atoms with Gasteiger partial charge in [-0.15, -0.1) is 0 Å². The van der Waals surface area contributed by atoms with Gasteiger partial charge in [0.2, 0.25) is 21.8 Å². The van der Waals surface area contributed by atoms with Crippen molar-refractivity contribution in [2.24, 2.45) is 5.41 Å². The van der Waals surface area contributed by atoms with E-state index in [0.717, 1.165) is 4.31 Å². The van der Waals surface area contributed by atoms with Crippen LogP contribution in [-0.4, -0.2) is 70.4 Å². The molecule has 0 saturated carbocycles. The van der Waals surface area contributed by atoms with E-state index in [4.69, 9.17) is 9.47 Å². The second-order valence-electron chi connectivity index (χ2n) is 10.8. The smallest absolute Gasteiger partial charge is 0.263 e. The fraction of sp³-hybridized carbons (Fsp3) is 0.500. The number of carbonyl (C=O) groups is 2. The molecule has 2 bridgehead atoms. The molecule has 2 amide bonds. The highest BCUT2D eigenvalue weighted by Gasteiger charge is 2.55. The largest absolute Gasteiger partial charge is 0.491 e. The SMILES string of the molecule is CC(C)Oc1ccc(Oc2ccc(S(=O)(=O)N3C[C@H]4CC[C@@H]([C@@H]3C(=O)NO)N4C(=O)C(C)(C)C)cn2)cc1. The molecule has 12 heteroatoms. The van der Waals surface area contributed by atoms with Crippen molar-refractivity contribution in [3.63, 3.8) is 0 Å². The number of nitrogens with one attached hydrogen (secondary N) is 1. The minimum absolute atomic E-state index is 0.0399. The summed E-state index contributed by atoms with van der Waals surface area (Å²) in [7, 11) is -4.19. The van der Waals surface area contributed by atoms with Gasteiger partial charge in [0, 0.05) is 24.1 Å². The Morgan fingerprint density at radius 3 is 2.29 bits per heavy atom. The van der Waals surface area contributed by atoms with Gasteiger partial charge in [0.1, 0.15) is 22.4 Å². The Bertz CT molecular complexity index is 1270. The summed E-state index contributed by atoms with van der Waals surface area (Å²) in [5, 5.41) is 9.43. The van der Waals surface area contributed by atoms with Crippen molar-refractivity contribution in [1.29, 1.82) is 0 Å². The molecule has 3 heterocycles. The van der Waals surface area contributed by atoms with Gasteiger partial charge in [-0.1, -0.05) is 20.8 Å². The maximum Gasteiger partial charge on any atom is 0.263 e. The zero-order chi connectivity index (χ0) is 27.8. The molecule has 11 nitrogen and oxygen atoms in total. The lowest BCUT2D eigenvalue weighted by molar-refractivity contribution is -0.150. The van der Waals surface area contributed by atoms with Gasteiger partial charge in [-0.3, -0.25) is 14.8 Å². The number of carbonyl (C=O) groups excluding carboxylic acids is 2. The Hall–Kier alpha value is -3.22. The second kappa shape index (κ2) is 10.5. The van der Waals surface area contributed by atoms with Gasteiger partial charge in [-0.25, -0.2) is 18.9 Å². The van der Waals surface area contributed by atoms with Crippen LogP contribution in [0.4, 0.5) is 0 Å². The molecule has 2 saturated heterocycles. The number of amides is 2. The summed E-state index contributed by atoms with van der Waals surface area (Å²) < 4.78 is 39.8. The number of sulfonamides is 1. The molecule has 2 N–H and O–H groups in total. The number of piperazine rings is 1. The summed E-state index contributed by atoms with van der Waals surface area (Å²) in [5.74, 6) is 0.335. The number of ether oxygens (including phenoxy) is 2. The first-order valence-electron chi connectivity index (χ1n) is 12.5. The molecule has 206 valence electrons. The predicted molar refractivity (Wildman–Crippen MR) is 137 cm³/mol. The van der Waals surface area contributed by atoms with Crippen molar-refractivity contribution in [2.45, 2.75) is 76.6 Å². The van der Waals surface area contributed by atoms with E-state index in [1.54, 1.807) is 55.4 Å². The maximum atomic E-state index is 13.7. The Morgan fingerprint density at radius 1 is 1.08 bits per heavy atom. The van der Waals surface area contributed by atoms with Gasteiger partial charge in [-0.05, 0) is 57.0 Å². The van der Waals surface area contributed by atoms with Crippen LogP contribution >= 0.6 is 0 Å². The van der Waals surface area contributed by atoms with Gasteiger partial charge in [0.15, 0.2) is 0 Å². The summed E-state index contributed by atoms with van der Waals surface area (Å²) in [6.45, 7) is 9.13. The van der Waals surface area contributed by atoms with E-state index in [1.807, 2.05) is 13.8 Å². The van der Waals surface area contributed by atoms with Crippen molar-refractivity contribution < 1.29 is 32.7 Å². The summed E-state index contributed by atoms with van der Waals surface area (Å²) in [6, 6.07) is 7.40. The van der Waals surface area contributed by atoms with Crippen molar-refractivity contribution in [1.82, 2.24) is 19.7 Å². The van der Waals surface area contributed by atoms with Crippen molar-refractivity contribution in [2.75, 3.05) is 6.54 Å². The summed E-state index contributed by atoms with van der Waals surface area (Å²) in [4.78, 5) is 31.5. The molecule has 1 aromatic heterocycles. The molecule has 38 heavy (non-hydrogen) atoms. The number of hydrogen-bond donors (Lipinski definition) is 2. The molecule has 2 aromatic rings. The van der Waals surface area contributed by atoms with Gasteiger partial charge in [0.05, 0.1) is 18.3 Å². The number of hydroxylamine groups is 1. The fourth-order valence-electron chi connectivity index (χ4n) is 4.93. The van der Waals surface area contributed by atoms with Gasteiger partial charge >= 0.3 is 0 Å². The number of rotatable bonds is 7. The topological polar surface area (TPSA) is 138 Å². The molecule has 4 rings (SSSR count). The number of hydrogen-bond acceptors (Lipinski definition) is 8. The second-order valence-corrected chi connectivity index (χ2v) is 12.7. The lowest BCUT2D eigenvalue weighted by Gasteiger charge is -2.46. The fourth-order valence-corrected chi connectivity index (χ4v) is 6.53. The Morgan fingerprint density at radius 2 is 1.74 bits per heavy atom. The van der Waals surface area contributed by atoms with Crippen LogP contribution in [0.15, 0.2) is 47.5 Å². The molecule has 2 aliphatic rings. The molecule has 3 atom stereocenters. The molecule has 0 radical (unpaired) electrons. The summed E-state index contributed by atoms with van der Waals surface area (Å²) in [5.41, 5.74) is 0.888. The quantitative estimate of drug-likeness (QED) is 0.399. The molecule has 2 fully saturated rings. The van der Waals surface area contributed by atoms with Crippen LogP contribution in [0.25, 0.3) is 0 Å². The molecule has 0 aliphatic carbocycles. The van der Waals surface area contributed by atoms with E-state index in [9.17, 15) is 23.2 Å². The lowest BCUT2D eigenvalue weighted by atomic mass is 9.92. The number of fused-ring (bicyclic) bond motifs is 2. The average molecular weight is 547 g/mol. The summed E-state index contributed by atoms with van der Waals surface area (Å²) in [6.07, 6.45) is 2.21. The van der Waals surface area contributed by atoms with Crippen LogP contribution in [-0.2, 0) is 19.6 Å². The minimum atomic E-state index is -4.19. The van der Waals surface area contributed by atoms with Crippen LogP contribution in [0.3, 0.4) is 0 Å². The maximum absolute atomic E-state index is 13.7. The third-order valence-electron chi connectivity index (χ3n) is 6.60. The number of nitrogens with zero attached hydrogens (tertiary/aromatic N) is 3. The molecular formula is C26H34N4O7S. The van der Waals surface area contributed by atoms with Gasteiger partial charge < -0.3 is 14.4 Å². The molecular weight excluding hydrogens is 512 g/mol. The molecule has 0 unspecified atom stereocenters. The first-order chi connectivity index (χ1) is 17.8. The van der Waals surface area contributed by atoms with E-state index in [1.165, 1.54) is 18.3 Å². The monoisotopic (exact) mass is 546 g/mol. The van der Waals surface area contributed by atoms with Crippen LogP contribution < -0.4 is 15.0 Å². The van der Waals surface area contributed by atoms with Crippen LogP contribution in [0, 0.1) is 5.41 Å². The zero-order valence-corrected chi connectivity index (χ0v) is 22.9. The number of aromatic nitrogens is 1. The third-order valence-corrected chi connectivity index (χ3v) is 8.43. The predicted octanol–water partition coefficient (Wildman–Crippen LogP) is 2.95. The lowest BCUT2D eigenvalue weighted by Crippen LogP contribution is -2.67. The van der Waals surface area contributed by atoms with Crippen LogP contribution in [0.1, 0.15) is 47.5 Å². The van der Waals surface area contributed by atoms with Crippen molar-refractivity contribution in [3.05, 3.63) is 42.6 Å². The van der Waals surface area contributed by atoms with E-state index in [2.05, 4.69) is 4.98 Å². The van der Waals surface area contributed by atoms with Gasteiger partial charge in [0.25, 0.3) is 5.91 Å². The van der Waals surface area contributed by atoms with Crippen LogP contribution in [0.2, 0.25) is 0 Å². The number of benzene rings is 1. The van der Waals surface area contributed by atoms with E-state index >= 15 is 0 Å². The first-order valence-corrected chi connectivity index (χ1v) is 14.0. The minimum Gasteiger partial charge on any atom is -0.491 e. The highest BCUT2D eigenvalue weighted by Crippen LogP contribution is 2.39.